The SMILES string of the molecule is O=C(O)NCCC1CCN(Cc2ccc(OC(F)(F)F)cc2)CC1. The zero-order valence-electron chi connectivity index (χ0n) is 13.2. The molecule has 24 heavy (non-hydrogen) atoms. The summed E-state index contributed by atoms with van der Waals surface area (Å²) in [4.78, 5) is 12.7. The van der Waals surface area contributed by atoms with Crippen molar-refractivity contribution in [3.63, 3.8) is 0 Å². The van der Waals surface area contributed by atoms with Gasteiger partial charge < -0.3 is 15.2 Å². The van der Waals surface area contributed by atoms with E-state index in [9.17, 15) is 18.0 Å². The van der Waals surface area contributed by atoms with Crippen molar-refractivity contribution in [2.45, 2.75) is 32.2 Å². The maximum absolute atomic E-state index is 12.1. The average molecular weight is 346 g/mol. The summed E-state index contributed by atoms with van der Waals surface area (Å²) in [5, 5.41) is 10.9. The third-order valence-electron chi connectivity index (χ3n) is 4.10. The number of piperidine rings is 1. The summed E-state index contributed by atoms with van der Waals surface area (Å²) in [6.07, 6.45) is -2.83. The second-order valence-electron chi connectivity index (χ2n) is 5.93. The van der Waals surface area contributed by atoms with E-state index in [0.717, 1.165) is 37.9 Å². The van der Waals surface area contributed by atoms with Crippen LogP contribution in [-0.2, 0) is 6.54 Å². The number of amides is 1. The van der Waals surface area contributed by atoms with E-state index in [4.69, 9.17) is 5.11 Å². The molecule has 0 atom stereocenters. The molecule has 0 aliphatic carbocycles. The van der Waals surface area contributed by atoms with Crippen LogP contribution >= 0.6 is 0 Å². The van der Waals surface area contributed by atoms with E-state index in [0.29, 0.717) is 19.0 Å². The molecule has 134 valence electrons. The molecule has 0 aromatic heterocycles. The zero-order valence-corrected chi connectivity index (χ0v) is 13.2. The molecule has 2 N–H and O–H groups in total. The molecule has 5 nitrogen and oxygen atoms in total. The van der Waals surface area contributed by atoms with Crippen molar-refractivity contribution in [2.75, 3.05) is 19.6 Å². The van der Waals surface area contributed by atoms with Crippen LogP contribution in [-0.4, -0.2) is 42.1 Å². The lowest BCUT2D eigenvalue weighted by Gasteiger charge is -2.32. The Morgan fingerprint density at radius 3 is 2.42 bits per heavy atom. The Labute approximate surface area is 138 Å². The maximum Gasteiger partial charge on any atom is 0.573 e. The maximum atomic E-state index is 12.1. The minimum absolute atomic E-state index is 0.212. The molecule has 8 heteroatoms. The number of hydrogen-bond acceptors (Lipinski definition) is 3. The molecule has 1 saturated heterocycles. The van der Waals surface area contributed by atoms with Crippen LogP contribution in [0.1, 0.15) is 24.8 Å². The molecule has 1 aromatic carbocycles. The fourth-order valence-corrected chi connectivity index (χ4v) is 2.87. The van der Waals surface area contributed by atoms with Gasteiger partial charge in [-0.15, -0.1) is 13.2 Å². The number of carbonyl (C=O) groups is 1. The third-order valence-corrected chi connectivity index (χ3v) is 4.10. The number of halogens is 3. The van der Waals surface area contributed by atoms with Gasteiger partial charge in [0.25, 0.3) is 0 Å². The highest BCUT2D eigenvalue weighted by molar-refractivity contribution is 5.64. The van der Waals surface area contributed by atoms with Gasteiger partial charge in [-0.05, 0) is 56.0 Å². The molecule has 1 fully saturated rings. The second kappa shape index (κ2) is 8.23. The normalized spacial score (nSPS) is 16.8. The number of alkyl halides is 3. The predicted molar refractivity (Wildman–Crippen MR) is 81.8 cm³/mol. The van der Waals surface area contributed by atoms with Crippen LogP contribution in [0, 0.1) is 5.92 Å². The number of nitrogens with zero attached hydrogens (tertiary/aromatic N) is 1. The van der Waals surface area contributed by atoms with E-state index in [1.54, 1.807) is 12.1 Å². The predicted octanol–water partition coefficient (Wildman–Crippen LogP) is 3.45. The van der Waals surface area contributed by atoms with Gasteiger partial charge in [-0.2, -0.15) is 0 Å². The van der Waals surface area contributed by atoms with Crippen molar-refractivity contribution >= 4 is 6.09 Å². The van der Waals surface area contributed by atoms with Crippen molar-refractivity contribution < 1.29 is 27.8 Å². The molecule has 1 aliphatic heterocycles. The summed E-state index contributed by atoms with van der Waals surface area (Å²) in [7, 11) is 0. The molecular formula is C16H21F3N2O3. The number of hydrogen-bond donors (Lipinski definition) is 2. The number of ether oxygens (including phenoxy) is 1. The van der Waals surface area contributed by atoms with Crippen LogP contribution in [0.5, 0.6) is 5.75 Å². The summed E-state index contributed by atoms with van der Waals surface area (Å²) in [6, 6.07) is 5.94. The largest absolute Gasteiger partial charge is 0.573 e. The fraction of sp³-hybridized carbons (Fsp3) is 0.562. The van der Waals surface area contributed by atoms with E-state index < -0.39 is 12.5 Å². The van der Waals surface area contributed by atoms with Crippen molar-refractivity contribution in [1.29, 1.82) is 0 Å². The number of benzene rings is 1. The standard InChI is InChI=1S/C16H21F3N2O3/c17-16(18,19)24-14-3-1-13(2-4-14)11-21-9-6-12(7-10-21)5-8-20-15(22)23/h1-4,12,20H,5-11H2,(H,22,23). The average Bonchev–Trinajstić information content (AvgIpc) is 2.49. The first-order chi connectivity index (χ1) is 11.3. The van der Waals surface area contributed by atoms with Gasteiger partial charge in [0.2, 0.25) is 0 Å². The minimum atomic E-state index is -4.67. The Morgan fingerprint density at radius 2 is 1.88 bits per heavy atom. The lowest BCUT2D eigenvalue weighted by atomic mass is 9.93. The second-order valence-corrected chi connectivity index (χ2v) is 5.93. The van der Waals surface area contributed by atoms with Crippen molar-refractivity contribution in [3.8, 4) is 5.75 Å². The Kier molecular flexibility index (Phi) is 6.30. The quantitative estimate of drug-likeness (QED) is 0.828. The van der Waals surface area contributed by atoms with E-state index in [1.807, 2.05) is 0 Å². The van der Waals surface area contributed by atoms with Crippen LogP contribution in [0.2, 0.25) is 0 Å². The van der Waals surface area contributed by atoms with Gasteiger partial charge in [0.15, 0.2) is 0 Å². The van der Waals surface area contributed by atoms with Gasteiger partial charge in [-0.25, -0.2) is 4.79 Å². The zero-order chi connectivity index (χ0) is 17.6. The highest BCUT2D eigenvalue weighted by atomic mass is 19.4. The van der Waals surface area contributed by atoms with E-state index in [1.165, 1.54) is 12.1 Å². The highest BCUT2D eigenvalue weighted by Gasteiger charge is 2.31. The molecule has 0 unspecified atom stereocenters. The summed E-state index contributed by atoms with van der Waals surface area (Å²) >= 11 is 0. The smallest absolute Gasteiger partial charge is 0.465 e. The van der Waals surface area contributed by atoms with Crippen LogP contribution in [0.15, 0.2) is 24.3 Å². The Hall–Kier alpha value is -1.96. The van der Waals surface area contributed by atoms with Gasteiger partial charge >= 0.3 is 12.5 Å². The first-order valence-corrected chi connectivity index (χ1v) is 7.85. The monoisotopic (exact) mass is 346 g/mol. The molecule has 0 bridgehead atoms. The van der Waals surface area contributed by atoms with Crippen molar-refractivity contribution in [3.05, 3.63) is 29.8 Å². The molecule has 1 aromatic rings. The molecule has 1 aliphatic rings. The Bertz CT molecular complexity index is 526. The van der Waals surface area contributed by atoms with Gasteiger partial charge in [-0.1, -0.05) is 12.1 Å². The van der Waals surface area contributed by atoms with Crippen molar-refractivity contribution in [2.24, 2.45) is 5.92 Å². The van der Waals surface area contributed by atoms with E-state index >= 15 is 0 Å². The molecule has 1 amide bonds. The molecule has 2 rings (SSSR count). The lowest BCUT2D eigenvalue weighted by Crippen LogP contribution is -2.34. The number of likely N-dealkylation sites (tertiary alicyclic amines) is 1. The molecule has 0 radical (unpaired) electrons. The minimum Gasteiger partial charge on any atom is -0.465 e. The first kappa shape index (κ1) is 18.4. The van der Waals surface area contributed by atoms with Crippen LogP contribution in [0.4, 0.5) is 18.0 Å². The number of rotatable bonds is 6. The Balaban J connectivity index is 1.72. The molecule has 0 saturated carbocycles. The fourth-order valence-electron chi connectivity index (χ4n) is 2.87. The van der Waals surface area contributed by atoms with Gasteiger partial charge in [0.05, 0.1) is 0 Å². The van der Waals surface area contributed by atoms with Crippen molar-refractivity contribution in [1.82, 2.24) is 10.2 Å². The third kappa shape index (κ3) is 6.66. The molecule has 0 spiro atoms. The van der Waals surface area contributed by atoms with Crippen LogP contribution < -0.4 is 10.1 Å². The van der Waals surface area contributed by atoms with Crippen LogP contribution in [0.25, 0.3) is 0 Å². The van der Waals surface area contributed by atoms with Crippen LogP contribution in [0.3, 0.4) is 0 Å². The van der Waals surface area contributed by atoms with Gasteiger partial charge in [-0.3, -0.25) is 4.90 Å². The van der Waals surface area contributed by atoms with Gasteiger partial charge in [0, 0.05) is 13.1 Å². The number of carboxylic acid groups (broad SMARTS) is 1. The number of nitrogens with one attached hydrogen (secondary N) is 1. The summed E-state index contributed by atoms with van der Waals surface area (Å²) < 4.78 is 40.2. The summed E-state index contributed by atoms with van der Waals surface area (Å²) in [5.74, 6) is 0.298. The highest BCUT2D eigenvalue weighted by Crippen LogP contribution is 2.24. The molecular weight excluding hydrogens is 325 g/mol. The topological polar surface area (TPSA) is 61.8 Å². The summed E-state index contributed by atoms with van der Waals surface area (Å²) in [6.45, 7) is 2.96. The lowest BCUT2D eigenvalue weighted by molar-refractivity contribution is -0.274. The summed E-state index contributed by atoms with van der Waals surface area (Å²) in [5.41, 5.74) is 0.940. The van der Waals surface area contributed by atoms with Gasteiger partial charge in [0.1, 0.15) is 5.75 Å². The van der Waals surface area contributed by atoms with E-state index in [2.05, 4.69) is 15.0 Å². The first-order valence-electron chi connectivity index (χ1n) is 7.85. The Morgan fingerprint density at radius 1 is 1.25 bits per heavy atom. The molecule has 1 heterocycles. The van der Waals surface area contributed by atoms with E-state index in [-0.39, 0.29) is 5.75 Å².